The Balaban J connectivity index is 0.000000400. The van der Waals surface area contributed by atoms with Crippen LogP contribution in [-0.4, -0.2) is 23.9 Å². The van der Waals surface area contributed by atoms with Crippen molar-refractivity contribution >= 4 is 29.6 Å². The molecular weight excluding hydrogens is 738 g/mol. The number of hydrogen-bond donors (Lipinski definition) is 3. The molecule has 3 rings (SSSR count). The predicted octanol–water partition coefficient (Wildman–Crippen LogP) is 7.19. The Labute approximate surface area is 266 Å². The van der Waals surface area contributed by atoms with Gasteiger partial charge in [-0.3, -0.25) is 5.41 Å². The van der Waals surface area contributed by atoms with E-state index in [4.69, 9.17) is 26.0 Å². The Morgan fingerprint density at radius 2 is 1.66 bits per heavy atom. The topological polar surface area (TPSA) is 122 Å². The van der Waals surface area contributed by atoms with E-state index in [1.807, 2.05) is 49.4 Å². The molecule has 0 saturated carbocycles. The maximum Gasteiger partial charge on any atom is 2.00 e. The largest absolute Gasteiger partial charge is 2.00 e. The molecule has 41 heavy (non-hydrogen) atoms. The summed E-state index contributed by atoms with van der Waals surface area (Å²) < 4.78 is 10.5. The third-order valence-corrected chi connectivity index (χ3v) is 5.52. The molecule has 0 spiro atoms. The van der Waals surface area contributed by atoms with E-state index in [1.54, 1.807) is 32.0 Å². The van der Waals surface area contributed by atoms with Crippen LogP contribution >= 0.6 is 0 Å². The number of amidine groups is 1. The van der Waals surface area contributed by atoms with Gasteiger partial charge in [-0.1, -0.05) is 56.6 Å². The van der Waals surface area contributed by atoms with Crippen molar-refractivity contribution in [2.75, 3.05) is 0 Å². The van der Waals surface area contributed by atoms with Crippen molar-refractivity contribution < 1.29 is 45.4 Å². The van der Waals surface area contributed by atoms with E-state index in [2.05, 4.69) is 37.9 Å². The first kappa shape index (κ1) is 35.0. The Bertz CT molecular complexity index is 1470. The van der Waals surface area contributed by atoms with Crippen molar-refractivity contribution in [3.05, 3.63) is 121 Å². The number of rotatable bonds is 9. The van der Waals surface area contributed by atoms with E-state index < -0.39 is 5.97 Å². The molecule has 8 heteroatoms. The second-order valence-corrected chi connectivity index (χ2v) is 8.85. The number of nitrogens with one attached hydrogen (secondary N) is 2. The predicted molar refractivity (Wildman–Crippen MR) is 164 cm³/mol. The number of hydrogen-bond acceptors (Lipinski definition) is 6. The van der Waals surface area contributed by atoms with Gasteiger partial charge in [-0.2, -0.15) is 18.1 Å². The van der Waals surface area contributed by atoms with Crippen molar-refractivity contribution in [1.82, 2.24) is 0 Å². The number of carbonyl (C=O) groups is 1. The molecular formula is C33H34N4O3U. The van der Waals surface area contributed by atoms with E-state index in [1.165, 1.54) is 0 Å². The third kappa shape index (κ3) is 10.8. The first-order chi connectivity index (χ1) is 19.0. The number of nitrogens with zero attached hydrogens (tertiary/aromatic N) is 1. The first-order valence-electron chi connectivity index (χ1n) is 12.3. The summed E-state index contributed by atoms with van der Waals surface area (Å²) in [6.07, 6.45) is 4.16. The van der Waals surface area contributed by atoms with Crippen molar-refractivity contribution in [2.45, 2.75) is 27.2 Å². The zero-order chi connectivity index (χ0) is 29.8. The van der Waals surface area contributed by atoms with E-state index in [-0.39, 0.29) is 37.0 Å². The molecule has 4 N–H and O–H groups in total. The summed E-state index contributed by atoms with van der Waals surface area (Å²) in [6.45, 7) is 20.0. The Kier molecular flexibility index (Phi) is 14.5. The van der Waals surface area contributed by atoms with E-state index in [0.29, 0.717) is 40.6 Å². The Hall–Kier alpha value is -3.99. The van der Waals surface area contributed by atoms with Gasteiger partial charge in [0.05, 0.1) is 0 Å². The SMILES string of the molecule is C=C(C)C(=N)Oc1ccc(C[CH2-])cc1N=C(N)C(=C)C.C=CC(=O)Oc1ccc(-c2ccc([C-]=N)c(C)c2)cc1.[U+2]. The molecule has 208 valence electrons. The maximum absolute atomic E-state index is 11.1. The summed E-state index contributed by atoms with van der Waals surface area (Å²) in [6, 6.07) is 18.5. The summed E-state index contributed by atoms with van der Waals surface area (Å²) in [4.78, 5) is 15.4. The first-order valence-corrected chi connectivity index (χ1v) is 12.3. The van der Waals surface area contributed by atoms with Gasteiger partial charge in [0.15, 0.2) is 5.75 Å². The number of benzene rings is 3. The van der Waals surface area contributed by atoms with Crippen molar-refractivity contribution in [3.8, 4) is 22.6 Å². The van der Waals surface area contributed by atoms with Crippen LogP contribution in [-0.2, 0) is 11.2 Å². The minimum atomic E-state index is -0.473. The molecule has 0 unspecified atom stereocenters. The summed E-state index contributed by atoms with van der Waals surface area (Å²) in [7, 11) is 0. The molecule has 0 aliphatic carbocycles. The van der Waals surface area contributed by atoms with Gasteiger partial charge in [-0.15, -0.1) is 17.7 Å². The molecule has 7 nitrogen and oxygen atoms in total. The fraction of sp³-hybridized carbons (Fsp3) is 0.121. The van der Waals surface area contributed by atoms with E-state index in [0.717, 1.165) is 33.9 Å². The Morgan fingerprint density at radius 3 is 2.17 bits per heavy atom. The molecule has 3 aromatic carbocycles. The molecule has 0 aliphatic rings. The van der Waals surface area contributed by atoms with Gasteiger partial charge in [-0.25, -0.2) is 9.79 Å². The number of esters is 1. The molecule has 0 aromatic heterocycles. The maximum atomic E-state index is 11.1. The quantitative estimate of drug-likeness (QED) is 0.0533. The number of carbonyl (C=O) groups excluding carboxylic acids is 1. The second kappa shape index (κ2) is 17.0. The average molecular weight is 773 g/mol. The molecule has 0 atom stereocenters. The van der Waals surface area contributed by atoms with Crippen LogP contribution in [0.1, 0.15) is 30.5 Å². The van der Waals surface area contributed by atoms with Gasteiger partial charge in [0.25, 0.3) is 0 Å². The monoisotopic (exact) mass is 772 g/mol. The number of nitrogens with two attached hydrogens (primary N) is 1. The molecule has 0 fully saturated rings. The van der Waals surface area contributed by atoms with Crippen LogP contribution in [0.25, 0.3) is 11.1 Å². The molecule has 0 bridgehead atoms. The third-order valence-electron chi connectivity index (χ3n) is 5.52. The normalized spacial score (nSPS) is 10.2. The van der Waals surface area contributed by atoms with Crippen LogP contribution in [0.5, 0.6) is 11.5 Å². The number of aryl methyl sites for hydroxylation is 1. The van der Waals surface area contributed by atoms with Crippen LogP contribution in [0.2, 0.25) is 0 Å². The molecule has 0 heterocycles. The van der Waals surface area contributed by atoms with Crippen LogP contribution in [0.4, 0.5) is 5.69 Å². The summed E-state index contributed by atoms with van der Waals surface area (Å²) >= 11 is 0. The van der Waals surface area contributed by atoms with Crippen LogP contribution in [0, 0.1) is 55.8 Å². The van der Waals surface area contributed by atoms with Gasteiger partial charge >= 0.3 is 37.1 Å². The number of aliphatic imine (C=N–C) groups is 1. The van der Waals surface area contributed by atoms with E-state index >= 15 is 0 Å². The van der Waals surface area contributed by atoms with Crippen molar-refractivity contribution in [2.24, 2.45) is 10.7 Å². The van der Waals surface area contributed by atoms with Gasteiger partial charge in [-0.05, 0) is 54.8 Å². The average Bonchev–Trinajstić information content (AvgIpc) is 2.94. The molecule has 0 saturated heterocycles. The van der Waals surface area contributed by atoms with Crippen LogP contribution in [0.15, 0.2) is 103 Å². The zero-order valence-electron chi connectivity index (χ0n) is 23.6. The molecule has 0 radical (unpaired) electrons. The van der Waals surface area contributed by atoms with Gasteiger partial charge in [0.1, 0.15) is 17.3 Å². The molecule has 0 aliphatic heterocycles. The fourth-order valence-electron chi connectivity index (χ4n) is 3.17. The standard InChI is InChI=1S/C17H14NO2.C16H20N3O.U/c1-3-17(19)20-16-8-6-13(7-9-16)14-4-5-15(11-18)12(2)10-14;1-6-12-7-8-14(20-16(18)11(4)5)13(9-12)19-15(17)10(2)3;/h3-10,18H,1H2,2H3;7-9,18H,1-2,4,6H2,3,5H3,(H2,17,19);/q2*-1;+2. The van der Waals surface area contributed by atoms with Crippen LogP contribution in [0.3, 0.4) is 0 Å². The fourth-order valence-corrected chi connectivity index (χ4v) is 3.17. The Morgan fingerprint density at radius 1 is 1.02 bits per heavy atom. The summed E-state index contributed by atoms with van der Waals surface area (Å²) in [5.41, 5.74) is 12.4. The van der Waals surface area contributed by atoms with Gasteiger partial charge < -0.3 is 27.5 Å². The zero-order valence-corrected chi connectivity index (χ0v) is 27.8. The van der Waals surface area contributed by atoms with Gasteiger partial charge in [0.2, 0.25) is 5.90 Å². The number of ether oxygens (including phenoxy) is 2. The minimum Gasteiger partial charge on any atom is -0.437 e. The molecule has 0 amide bonds. The van der Waals surface area contributed by atoms with E-state index in [9.17, 15) is 4.79 Å². The summed E-state index contributed by atoms with van der Waals surface area (Å²) in [5, 5.41) is 14.9. The van der Waals surface area contributed by atoms with Crippen LogP contribution < -0.4 is 15.2 Å². The van der Waals surface area contributed by atoms with Crippen molar-refractivity contribution in [3.63, 3.8) is 0 Å². The second-order valence-electron chi connectivity index (χ2n) is 8.85. The molecule has 3 aromatic rings. The summed E-state index contributed by atoms with van der Waals surface area (Å²) in [5.74, 6) is 0.800. The van der Waals surface area contributed by atoms with Crippen molar-refractivity contribution in [1.29, 1.82) is 10.8 Å². The smallest absolute Gasteiger partial charge is 0.437 e. The minimum absolute atomic E-state index is 0. The van der Waals surface area contributed by atoms with Gasteiger partial charge in [0, 0.05) is 11.6 Å².